The number of aliphatic hydroxyl groups excluding tert-OH is 2. The third-order valence-corrected chi connectivity index (χ3v) is 7.18. The Labute approximate surface area is 166 Å². The predicted octanol–water partition coefficient (Wildman–Crippen LogP) is 3.96. The van der Waals surface area contributed by atoms with Crippen LogP contribution in [0.1, 0.15) is 39.5 Å². The molecule has 2 fully saturated rings. The average molecular weight is 389 g/mol. The van der Waals surface area contributed by atoms with Gasteiger partial charge in [-0.1, -0.05) is 26.0 Å². The summed E-state index contributed by atoms with van der Waals surface area (Å²) in [6, 6.07) is 6.14. The van der Waals surface area contributed by atoms with Crippen LogP contribution in [-0.2, 0) is 0 Å². The van der Waals surface area contributed by atoms with Gasteiger partial charge in [-0.2, -0.15) is 0 Å². The van der Waals surface area contributed by atoms with Crippen molar-refractivity contribution in [1.29, 1.82) is 0 Å². The van der Waals surface area contributed by atoms with Gasteiger partial charge in [0.1, 0.15) is 5.75 Å². The molecule has 6 heteroatoms. The first-order valence-electron chi connectivity index (χ1n) is 10.1. The second kappa shape index (κ2) is 8.21. The summed E-state index contributed by atoms with van der Waals surface area (Å²) in [5, 5.41) is 31.4. The van der Waals surface area contributed by atoms with Crippen LogP contribution in [-0.4, -0.2) is 34.5 Å². The molecule has 0 heterocycles. The van der Waals surface area contributed by atoms with E-state index < -0.39 is 16.4 Å². The Morgan fingerprint density at radius 1 is 1.36 bits per heavy atom. The maximum atomic E-state index is 10.8. The molecule has 0 saturated heterocycles. The highest BCUT2D eigenvalue weighted by molar-refractivity contribution is 5.35. The number of hydrogen-bond acceptors (Lipinski definition) is 5. The molecule has 0 radical (unpaired) electrons. The minimum atomic E-state index is -0.475. The number of allylic oxidation sites excluding steroid dienone is 1. The molecule has 6 atom stereocenters. The van der Waals surface area contributed by atoms with Gasteiger partial charge in [0.15, 0.2) is 0 Å². The molecular weight excluding hydrogens is 358 g/mol. The molecule has 2 saturated carbocycles. The van der Waals surface area contributed by atoms with Gasteiger partial charge in [-0.15, -0.1) is 0 Å². The van der Waals surface area contributed by atoms with Crippen LogP contribution in [0.5, 0.6) is 5.75 Å². The number of rotatable bonds is 6. The van der Waals surface area contributed by atoms with Crippen molar-refractivity contribution in [3.8, 4) is 5.75 Å². The van der Waals surface area contributed by atoms with Gasteiger partial charge in [0, 0.05) is 17.5 Å². The van der Waals surface area contributed by atoms with Gasteiger partial charge >= 0.3 is 0 Å². The van der Waals surface area contributed by atoms with Crippen LogP contribution in [0.2, 0.25) is 0 Å². The summed E-state index contributed by atoms with van der Waals surface area (Å²) in [5.41, 5.74) is 0.820. The van der Waals surface area contributed by atoms with Gasteiger partial charge in [0.2, 0.25) is 0 Å². The number of nitro benzene ring substituents is 1. The molecule has 2 aliphatic carbocycles. The molecule has 0 amide bonds. The van der Waals surface area contributed by atoms with Crippen LogP contribution >= 0.6 is 0 Å². The fourth-order valence-electron chi connectivity index (χ4n) is 5.45. The summed E-state index contributed by atoms with van der Waals surface area (Å²) in [6.45, 7) is 9.03. The molecule has 0 aromatic heterocycles. The van der Waals surface area contributed by atoms with Gasteiger partial charge in [-0.3, -0.25) is 10.1 Å². The van der Waals surface area contributed by atoms with E-state index in [1.54, 1.807) is 12.1 Å². The predicted molar refractivity (Wildman–Crippen MR) is 107 cm³/mol. The highest BCUT2D eigenvalue weighted by atomic mass is 16.6. The van der Waals surface area contributed by atoms with Crippen LogP contribution in [0.15, 0.2) is 36.4 Å². The standard InChI is InChI=1S/C22H31NO5/c1-14-4-9-19-21(15(2)12-20(25)22(19,3)13-24)18(14)10-11-28-17-7-5-16(6-8-17)23(26)27/h5-8,15,18-21,24-25H,1,4,9-13H2,2-3H3/t15?,18-,19?,20+,21-,22-/m0/s1. The fraction of sp³-hybridized carbons (Fsp3) is 0.636. The number of non-ortho nitro benzene ring substituents is 1. The van der Waals surface area contributed by atoms with Crippen molar-refractivity contribution in [2.75, 3.05) is 13.2 Å². The molecule has 1 aromatic rings. The molecule has 154 valence electrons. The number of fused-ring (bicyclic) bond motifs is 1. The molecular formula is C22H31NO5. The zero-order valence-electron chi connectivity index (χ0n) is 16.7. The highest BCUT2D eigenvalue weighted by Crippen LogP contribution is 2.56. The Balaban J connectivity index is 1.68. The number of ether oxygens (including phenoxy) is 1. The third-order valence-electron chi connectivity index (χ3n) is 7.18. The van der Waals surface area contributed by atoms with Gasteiger partial charge in [0.05, 0.1) is 24.2 Å². The summed E-state index contributed by atoms with van der Waals surface area (Å²) in [5.74, 6) is 1.93. The van der Waals surface area contributed by atoms with Gasteiger partial charge in [-0.05, 0) is 61.5 Å². The summed E-state index contributed by atoms with van der Waals surface area (Å²) in [6.07, 6.45) is 2.92. The van der Waals surface area contributed by atoms with Crippen molar-refractivity contribution in [1.82, 2.24) is 0 Å². The van der Waals surface area contributed by atoms with Crippen molar-refractivity contribution in [3.05, 3.63) is 46.5 Å². The first-order chi connectivity index (χ1) is 13.3. The summed E-state index contributed by atoms with van der Waals surface area (Å²) in [4.78, 5) is 10.3. The monoisotopic (exact) mass is 389 g/mol. The van der Waals surface area contributed by atoms with Crippen LogP contribution in [0.3, 0.4) is 0 Å². The zero-order valence-corrected chi connectivity index (χ0v) is 16.7. The van der Waals surface area contributed by atoms with Crippen LogP contribution < -0.4 is 4.74 Å². The minimum Gasteiger partial charge on any atom is -0.494 e. The fourth-order valence-corrected chi connectivity index (χ4v) is 5.45. The molecule has 0 spiro atoms. The van der Waals surface area contributed by atoms with Gasteiger partial charge in [-0.25, -0.2) is 0 Å². The van der Waals surface area contributed by atoms with E-state index in [0.29, 0.717) is 36.5 Å². The third kappa shape index (κ3) is 3.80. The lowest BCUT2D eigenvalue weighted by Gasteiger charge is -2.56. The largest absolute Gasteiger partial charge is 0.494 e. The SMILES string of the molecule is C=C1CCC2[C@@H](C(C)C[C@@H](O)[C@@]2(C)CO)[C@H]1CCOc1ccc([N+](=O)[O-])cc1. The van der Waals surface area contributed by atoms with E-state index in [1.807, 2.05) is 6.92 Å². The zero-order chi connectivity index (χ0) is 20.5. The molecule has 3 rings (SSSR count). The van der Waals surface area contributed by atoms with E-state index in [9.17, 15) is 20.3 Å². The van der Waals surface area contributed by atoms with Crippen molar-refractivity contribution < 1.29 is 19.9 Å². The number of benzene rings is 1. The molecule has 2 N–H and O–H groups in total. The molecule has 0 aliphatic heterocycles. The maximum Gasteiger partial charge on any atom is 0.269 e. The molecule has 28 heavy (non-hydrogen) atoms. The summed E-state index contributed by atoms with van der Waals surface area (Å²) >= 11 is 0. The highest BCUT2D eigenvalue weighted by Gasteiger charge is 2.53. The Bertz CT molecular complexity index is 718. The normalized spacial score (nSPS) is 35.3. The number of hydrogen-bond donors (Lipinski definition) is 2. The molecule has 0 bridgehead atoms. The molecule has 1 aromatic carbocycles. The maximum absolute atomic E-state index is 10.8. The lowest BCUT2D eigenvalue weighted by molar-refractivity contribution is -0.384. The molecule has 6 nitrogen and oxygen atoms in total. The van der Waals surface area contributed by atoms with Crippen LogP contribution in [0.25, 0.3) is 0 Å². The van der Waals surface area contributed by atoms with E-state index in [1.165, 1.54) is 17.7 Å². The van der Waals surface area contributed by atoms with Crippen molar-refractivity contribution >= 4 is 5.69 Å². The number of nitrogens with zero attached hydrogens (tertiary/aromatic N) is 1. The smallest absolute Gasteiger partial charge is 0.269 e. The molecule has 2 unspecified atom stereocenters. The van der Waals surface area contributed by atoms with Crippen LogP contribution in [0.4, 0.5) is 5.69 Å². The Hall–Kier alpha value is -1.92. The summed E-state index contributed by atoms with van der Waals surface area (Å²) < 4.78 is 5.84. The van der Waals surface area contributed by atoms with E-state index >= 15 is 0 Å². The minimum absolute atomic E-state index is 0.000540. The van der Waals surface area contributed by atoms with E-state index in [-0.39, 0.29) is 18.2 Å². The van der Waals surface area contributed by atoms with Crippen molar-refractivity contribution in [3.63, 3.8) is 0 Å². The second-order valence-electron chi connectivity index (χ2n) is 8.77. The lowest BCUT2D eigenvalue weighted by atomic mass is 9.50. The second-order valence-corrected chi connectivity index (χ2v) is 8.77. The van der Waals surface area contributed by atoms with Crippen molar-refractivity contribution in [2.45, 2.75) is 45.6 Å². The topological polar surface area (TPSA) is 92.8 Å². The average Bonchev–Trinajstić information content (AvgIpc) is 2.67. The Kier molecular flexibility index (Phi) is 6.10. The lowest BCUT2D eigenvalue weighted by Crippen LogP contribution is -2.55. The van der Waals surface area contributed by atoms with Gasteiger partial charge in [0.25, 0.3) is 5.69 Å². The van der Waals surface area contributed by atoms with E-state index in [0.717, 1.165) is 19.3 Å². The summed E-state index contributed by atoms with van der Waals surface area (Å²) in [7, 11) is 0. The Morgan fingerprint density at radius 2 is 2.04 bits per heavy atom. The van der Waals surface area contributed by atoms with E-state index in [4.69, 9.17) is 4.74 Å². The first-order valence-corrected chi connectivity index (χ1v) is 10.1. The van der Waals surface area contributed by atoms with E-state index in [2.05, 4.69) is 13.5 Å². The first kappa shape index (κ1) is 20.8. The van der Waals surface area contributed by atoms with Crippen LogP contribution in [0, 0.1) is 39.2 Å². The quantitative estimate of drug-likeness (QED) is 0.436. The number of aliphatic hydroxyl groups is 2. The van der Waals surface area contributed by atoms with Crippen molar-refractivity contribution in [2.24, 2.45) is 29.1 Å². The number of nitro groups is 1. The van der Waals surface area contributed by atoms with Gasteiger partial charge < -0.3 is 14.9 Å². The molecule has 2 aliphatic rings. The Morgan fingerprint density at radius 3 is 2.64 bits per heavy atom.